The van der Waals surface area contributed by atoms with Gasteiger partial charge in [-0.05, 0) is 31.0 Å². The number of rotatable bonds is 1. The Morgan fingerprint density at radius 1 is 1.50 bits per heavy atom. The maximum Gasteiger partial charge on any atom is 0.254 e. The molecule has 1 saturated heterocycles. The summed E-state index contributed by atoms with van der Waals surface area (Å²) >= 11 is 0. The second-order valence-corrected chi connectivity index (χ2v) is 4.06. The number of β-amino-alcohol motifs (C(OH)–C–C–N with tert-alkyl or cyclic N) is 1. The first-order valence-corrected chi connectivity index (χ1v) is 5.40. The van der Waals surface area contributed by atoms with Gasteiger partial charge in [0.1, 0.15) is 5.82 Å². The van der Waals surface area contributed by atoms with E-state index in [9.17, 15) is 14.3 Å². The predicted molar refractivity (Wildman–Crippen MR) is 57.5 cm³/mol. The first-order valence-electron chi connectivity index (χ1n) is 5.40. The van der Waals surface area contributed by atoms with Gasteiger partial charge >= 0.3 is 0 Å². The van der Waals surface area contributed by atoms with Crippen molar-refractivity contribution in [1.82, 2.24) is 4.90 Å². The topological polar surface area (TPSA) is 40.5 Å². The van der Waals surface area contributed by atoms with Crippen LogP contribution in [0.15, 0.2) is 24.3 Å². The number of likely N-dealkylation sites (tertiary alicyclic amines) is 1. The van der Waals surface area contributed by atoms with Crippen LogP contribution in [-0.2, 0) is 0 Å². The van der Waals surface area contributed by atoms with E-state index in [0.717, 1.165) is 12.8 Å². The zero-order chi connectivity index (χ0) is 11.5. The van der Waals surface area contributed by atoms with E-state index >= 15 is 0 Å². The van der Waals surface area contributed by atoms with E-state index in [0.29, 0.717) is 18.7 Å². The molecule has 16 heavy (non-hydrogen) atoms. The van der Waals surface area contributed by atoms with Crippen LogP contribution in [0.4, 0.5) is 4.39 Å². The average Bonchev–Trinajstić information content (AvgIpc) is 2.28. The molecule has 2 rings (SSSR count). The molecule has 3 nitrogen and oxygen atoms in total. The van der Waals surface area contributed by atoms with E-state index < -0.39 is 11.9 Å². The highest BCUT2D eigenvalue weighted by atomic mass is 19.1. The third-order valence-corrected chi connectivity index (χ3v) is 2.76. The van der Waals surface area contributed by atoms with Gasteiger partial charge in [0.15, 0.2) is 0 Å². The van der Waals surface area contributed by atoms with E-state index in [1.54, 1.807) is 11.0 Å². The zero-order valence-electron chi connectivity index (χ0n) is 8.90. The molecule has 4 heteroatoms. The molecule has 1 heterocycles. The fourth-order valence-electron chi connectivity index (χ4n) is 1.94. The van der Waals surface area contributed by atoms with Crippen LogP contribution in [0.3, 0.4) is 0 Å². The van der Waals surface area contributed by atoms with Gasteiger partial charge in [-0.3, -0.25) is 4.79 Å². The molecule has 1 unspecified atom stereocenters. The SMILES string of the molecule is O=C(c1cccc(F)c1)N1CCCC(O)C1. The van der Waals surface area contributed by atoms with Crippen molar-refractivity contribution in [3.05, 3.63) is 35.6 Å². The zero-order valence-corrected chi connectivity index (χ0v) is 8.90. The third kappa shape index (κ3) is 2.39. The Morgan fingerprint density at radius 2 is 2.31 bits per heavy atom. The quantitative estimate of drug-likeness (QED) is 0.782. The molecule has 1 fully saturated rings. The number of carbonyl (C=O) groups excluding carboxylic acids is 1. The molecular formula is C12H14FNO2. The molecule has 0 saturated carbocycles. The number of hydrogen-bond donors (Lipinski definition) is 1. The number of halogens is 1. The van der Waals surface area contributed by atoms with Crippen LogP contribution in [0, 0.1) is 5.82 Å². The number of aliphatic hydroxyl groups is 1. The summed E-state index contributed by atoms with van der Waals surface area (Å²) in [5, 5.41) is 9.46. The summed E-state index contributed by atoms with van der Waals surface area (Å²) in [6.07, 6.45) is 1.07. The minimum Gasteiger partial charge on any atom is -0.391 e. The second kappa shape index (κ2) is 4.61. The van der Waals surface area contributed by atoms with Gasteiger partial charge < -0.3 is 10.0 Å². The summed E-state index contributed by atoms with van der Waals surface area (Å²) in [5.74, 6) is -0.623. The standard InChI is InChI=1S/C12H14FNO2/c13-10-4-1-3-9(7-10)12(16)14-6-2-5-11(15)8-14/h1,3-4,7,11,15H,2,5-6,8H2. The smallest absolute Gasteiger partial charge is 0.254 e. The average molecular weight is 223 g/mol. The van der Waals surface area contributed by atoms with E-state index in [2.05, 4.69) is 0 Å². The number of benzene rings is 1. The lowest BCUT2D eigenvalue weighted by Crippen LogP contribution is -2.42. The highest BCUT2D eigenvalue weighted by molar-refractivity contribution is 5.94. The van der Waals surface area contributed by atoms with Crippen molar-refractivity contribution in [3.63, 3.8) is 0 Å². The summed E-state index contributed by atoms with van der Waals surface area (Å²) in [7, 11) is 0. The first kappa shape index (κ1) is 11.1. The molecular weight excluding hydrogens is 209 g/mol. The maximum atomic E-state index is 13.0. The van der Waals surface area contributed by atoms with Crippen molar-refractivity contribution in [3.8, 4) is 0 Å². The van der Waals surface area contributed by atoms with Gasteiger partial charge in [-0.25, -0.2) is 4.39 Å². The van der Waals surface area contributed by atoms with Crippen LogP contribution in [0.1, 0.15) is 23.2 Å². The summed E-state index contributed by atoms with van der Waals surface area (Å²) in [6.45, 7) is 0.974. The molecule has 1 aliphatic heterocycles. The van der Waals surface area contributed by atoms with Crippen molar-refractivity contribution in [2.75, 3.05) is 13.1 Å². The largest absolute Gasteiger partial charge is 0.391 e. The number of amides is 1. The van der Waals surface area contributed by atoms with Gasteiger partial charge in [-0.15, -0.1) is 0 Å². The molecule has 1 aromatic carbocycles. The van der Waals surface area contributed by atoms with Crippen LogP contribution >= 0.6 is 0 Å². The van der Waals surface area contributed by atoms with Crippen LogP contribution in [0.2, 0.25) is 0 Å². The molecule has 1 N–H and O–H groups in total. The van der Waals surface area contributed by atoms with E-state index in [4.69, 9.17) is 0 Å². The normalized spacial score (nSPS) is 20.9. The van der Waals surface area contributed by atoms with Gasteiger partial charge in [0, 0.05) is 18.7 Å². The van der Waals surface area contributed by atoms with Gasteiger partial charge in [0.05, 0.1) is 6.10 Å². The van der Waals surface area contributed by atoms with E-state index in [1.165, 1.54) is 18.2 Å². The van der Waals surface area contributed by atoms with Gasteiger partial charge in [-0.1, -0.05) is 6.07 Å². The minimum absolute atomic E-state index is 0.210. The predicted octanol–water partition coefficient (Wildman–Crippen LogP) is 1.42. The highest BCUT2D eigenvalue weighted by Gasteiger charge is 2.22. The number of carbonyl (C=O) groups is 1. The molecule has 0 bridgehead atoms. The molecule has 1 aromatic rings. The molecule has 0 aliphatic carbocycles. The number of hydrogen-bond acceptors (Lipinski definition) is 2. The summed E-state index contributed by atoms with van der Waals surface area (Å²) < 4.78 is 13.0. The maximum absolute atomic E-state index is 13.0. The molecule has 1 atom stereocenters. The van der Waals surface area contributed by atoms with Crippen LogP contribution in [-0.4, -0.2) is 35.1 Å². The Labute approximate surface area is 93.5 Å². The van der Waals surface area contributed by atoms with Crippen molar-refractivity contribution < 1.29 is 14.3 Å². The number of aliphatic hydroxyl groups excluding tert-OH is 1. The van der Waals surface area contributed by atoms with Crippen LogP contribution in [0.5, 0.6) is 0 Å². The Balaban J connectivity index is 2.12. The van der Waals surface area contributed by atoms with Gasteiger partial charge in [0.25, 0.3) is 5.91 Å². The Morgan fingerprint density at radius 3 is 3.00 bits per heavy atom. The third-order valence-electron chi connectivity index (χ3n) is 2.76. The van der Waals surface area contributed by atoms with Crippen molar-refractivity contribution in [2.45, 2.75) is 18.9 Å². The molecule has 86 valence electrons. The number of piperidine rings is 1. The lowest BCUT2D eigenvalue weighted by molar-refractivity contribution is 0.0473. The van der Waals surface area contributed by atoms with Crippen LogP contribution < -0.4 is 0 Å². The minimum atomic E-state index is -0.453. The first-order chi connectivity index (χ1) is 7.66. The summed E-state index contributed by atoms with van der Waals surface area (Å²) in [5.41, 5.74) is 0.342. The molecule has 1 amide bonds. The molecule has 1 aliphatic rings. The fraction of sp³-hybridized carbons (Fsp3) is 0.417. The van der Waals surface area contributed by atoms with Gasteiger partial charge in [0.2, 0.25) is 0 Å². The summed E-state index contributed by atoms with van der Waals surface area (Å²) in [4.78, 5) is 13.5. The second-order valence-electron chi connectivity index (χ2n) is 4.06. The van der Waals surface area contributed by atoms with Gasteiger partial charge in [-0.2, -0.15) is 0 Å². The van der Waals surface area contributed by atoms with Crippen molar-refractivity contribution >= 4 is 5.91 Å². The van der Waals surface area contributed by atoms with Crippen LogP contribution in [0.25, 0.3) is 0 Å². The Kier molecular flexibility index (Phi) is 3.19. The molecule has 0 spiro atoms. The van der Waals surface area contributed by atoms with Crippen molar-refractivity contribution in [2.24, 2.45) is 0 Å². The lowest BCUT2D eigenvalue weighted by Gasteiger charge is -2.30. The lowest BCUT2D eigenvalue weighted by atomic mass is 10.1. The van der Waals surface area contributed by atoms with E-state index in [-0.39, 0.29) is 5.91 Å². The summed E-state index contributed by atoms with van der Waals surface area (Å²) in [6, 6.07) is 5.64. The number of nitrogens with zero attached hydrogens (tertiary/aromatic N) is 1. The van der Waals surface area contributed by atoms with E-state index in [1.807, 2.05) is 0 Å². The Hall–Kier alpha value is -1.42. The Bertz CT molecular complexity index is 394. The molecule has 0 aromatic heterocycles. The molecule has 0 radical (unpaired) electrons. The van der Waals surface area contributed by atoms with Crippen molar-refractivity contribution in [1.29, 1.82) is 0 Å². The highest BCUT2D eigenvalue weighted by Crippen LogP contribution is 2.14. The fourth-order valence-corrected chi connectivity index (χ4v) is 1.94. The monoisotopic (exact) mass is 223 g/mol.